The van der Waals surface area contributed by atoms with Gasteiger partial charge in [-0.25, -0.2) is 0 Å². The second kappa shape index (κ2) is 5.50. The van der Waals surface area contributed by atoms with Crippen molar-refractivity contribution in [1.82, 2.24) is 0 Å². The molecule has 2 unspecified atom stereocenters. The minimum absolute atomic E-state index is 0. The van der Waals surface area contributed by atoms with E-state index in [1.165, 1.54) is 0 Å². The van der Waals surface area contributed by atoms with Crippen molar-refractivity contribution in [1.29, 1.82) is 0 Å². The molecule has 10 heavy (non-hydrogen) atoms. The summed E-state index contributed by atoms with van der Waals surface area (Å²) >= 11 is 0. The van der Waals surface area contributed by atoms with E-state index in [1.54, 1.807) is 6.92 Å². The molecule has 0 aliphatic carbocycles. The second-order valence-electron chi connectivity index (χ2n) is 2.21. The lowest BCUT2D eigenvalue weighted by Crippen LogP contribution is -2.32. The van der Waals surface area contributed by atoms with E-state index >= 15 is 0 Å². The molecule has 0 fully saturated rings. The molecule has 0 saturated heterocycles. The molecule has 3 N–H and O–H groups in total. The molecule has 0 heterocycles. The monoisotopic (exact) mass is 167 g/mol. The van der Waals surface area contributed by atoms with Crippen molar-refractivity contribution < 1.29 is 9.90 Å². The summed E-state index contributed by atoms with van der Waals surface area (Å²) in [6.07, 6.45) is 0.604. The molecule has 0 amide bonds. The van der Waals surface area contributed by atoms with Gasteiger partial charge in [0.2, 0.25) is 0 Å². The van der Waals surface area contributed by atoms with E-state index in [9.17, 15) is 4.79 Å². The Morgan fingerprint density at radius 3 is 2.10 bits per heavy atom. The third-order valence-electron chi connectivity index (χ3n) is 1.39. The summed E-state index contributed by atoms with van der Waals surface area (Å²) in [4.78, 5) is 10.3. The molecule has 2 atom stereocenters. The Labute approximate surface area is 67.0 Å². The van der Waals surface area contributed by atoms with Crippen LogP contribution in [0.2, 0.25) is 0 Å². The van der Waals surface area contributed by atoms with Gasteiger partial charge in [-0.3, -0.25) is 4.79 Å². The molecular weight excluding hydrogens is 154 g/mol. The smallest absolute Gasteiger partial charge is 0.308 e. The fraction of sp³-hybridized carbons (Fsp3) is 0.833. The predicted molar refractivity (Wildman–Crippen MR) is 42.3 cm³/mol. The van der Waals surface area contributed by atoms with Gasteiger partial charge < -0.3 is 10.8 Å². The van der Waals surface area contributed by atoms with Crippen LogP contribution in [-0.2, 0) is 4.79 Å². The molecule has 0 radical (unpaired) electrons. The van der Waals surface area contributed by atoms with Crippen LogP contribution in [0, 0.1) is 5.92 Å². The van der Waals surface area contributed by atoms with Gasteiger partial charge in [0.15, 0.2) is 0 Å². The number of carboxylic acid groups (broad SMARTS) is 1. The molecule has 0 aromatic carbocycles. The van der Waals surface area contributed by atoms with E-state index in [0.29, 0.717) is 6.42 Å². The Kier molecular flexibility index (Phi) is 6.82. The Morgan fingerprint density at radius 1 is 1.70 bits per heavy atom. The summed E-state index contributed by atoms with van der Waals surface area (Å²) in [5, 5.41) is 8.46. The first-order valence-corrected chi connectivity index (χ1v) is 3.08. The summed E-state index contributed by atoms with van der Waals surface area (Å²) in [6.45, 7) is 3.53. The number of hydrogen-bond acceptors (Lipinski definition) is 2. The predicted octanol–water partition coefficient (Wildman–Crippen LogP) is 0.866. The summed E-state index contributed by atoms with van der Waals surface area (Å²) in [6, 6.07) is -0.243. The van der Waals surface area contributed by atoms with Crippen LogP contribution in [-0.4, -0.2) is 17.1 Å². The van der Waals surface area contributed by atoms with E-state index < -0.39 is 5.97 Å². The van der Waals surface area contributed by atoms with E-state index in [-0.39, 0.29) is 24.4 Å². The van der Waals surface area contributed by atoms with Crippen molar-refractivity contribution in [2.24, 2.45) is 11.7 Å². The van der Waals surface area contributed by atoms with Crippen LogP contribution >= 0.6 is 12.4 Å². The van der Waals surface area contributed by atoms with Crippen molar-refractivity contribution in [2.45, 2.75) is 26.3 Å². The van der Waals surface area contributed by atoms with Crippen molar-refractivity contribution in [3.05, 3.63) is 0 Å². The number of nitrogens with two attached hydrogens (primary N) is 1. The Balaban J connectivity index is 0. The minimum Gasteiger partial charge on any atom is -0.481 e. The lowest BCUT2D eigenvalue weighted by molar-refractivity contribution is -0.142. The van der Waals surface area contributed by atoms with Gasteiger partial charge in [0.1, 0.15) is 0 Å². The maximum atomic E-state index is 10.3. The number of aliphatic carboxylic acids is 1. The zero-order valence-electron chi connectivity index (χ0n) is 6.20. The highest BCUT2D eigenvalue weighted by molar-refractivity contribution is 5.85. The second-order valence-corrected chi connectivity index (χ2v) is 2.21. The van der Waals surface area contributed by atoms with E-state index in [1.807, 2.05) is 6.92 Å². The van der Waals surface area contributed by atoms with Crippen LogP contribution in [0.15, 0.2) is 0 Å². The lowest BCUT2D eigenvalue weighted by atomic mass is 10.00. The highest BCUT2D eigenvalue weighted by Crippen LogP contribution is 2.05. The molecule has 0 bridgehead atoms. The summed E-state index contributed by atoms with van der Waals surface area (Å²) in [5.41, 5.74) is 5.37. The average molecular weight is 168 g/mol. The number of halogens is 1. The van der Waals surface area contributed by atoms with Crippen LogP contribution in [0.1, 0.15) is 20.3 Å². The molecule has 0 aromatic rings. The molecule has 4 heteroatoms. The van der Waals surface area contributed by atoms with Crippen molar-refractivity contribution in [3.8, 4) is 0 Å². The first-order valence-electron chi connectivity index (χ1n) is 3.08. The Hall–Kier alpha value is -0.280. The summed E-state index contributed by atoms with van der Waals surface area (Å²) < 4.78 is 0. The van der Waals surface area contributed by atoms with Gasteiger partial charge in [-0.1, -0.05) is 6.92 Å². The number of carbonyl (C=O) groups is 1. The van der Waals surface area contributed by atoms with Gasteiger partial charge >= 0.3 is 5.97 Å². The van der Waals surface area contributed by atoms with Gasteiger partial charge in [0.25, 0.3) is 0 Å². The lowest BCUT2D eigenvalue weighted by Gasteiger charge is -2.12. The maximum Gasteiger partial charge on any atom is 0.308 e. The molecule has 0 rings (SSSR count). The van der Waals surface area contributed by atoms with E-state index in [0.717, 1.165) is 0 Å². The maximum absolute atomic E-state index is 10.3. The van der Waals surface area contributed by atoms with E-state index in [4.69, 9.17) is 10.8 Å². The molecule has 3 nitrogen and oxygen atoms in total. The zero-order chi connectivity index (χ0) is 7.44. The molecule has 0 aliphatic heterocycles. The molecule has 0 saturated carbocycles. The summed E-state index contributed by atoms with van der Waals surface area (Å²) in [7, 11) is 0. The highest BCUT2D eigenvalue weighted by atomic mass is 35.5. The topological polar surface area (TPSA) is 63.3 Å². The minimum atomic E-state index is -0.799. The quantitative estimate of drug-likeness (QED) is 0.656. The molecular formula is C6H14ClNO2. The van der Waals surface area contributed by atoms with Gasteiger partial charge in [0, 0.05) is 6.04 Å². The van der Waals surface area contributed by atoms with Crippen LogP contribution in [0.25, 0.3) is 0 Å². The third-order valence-corrected chi connectivity index (χ3v) is 1.39. The Bertz CT molecular complexity index is 106. The van der Waals surface area contributed by atoms with Gasteiger partial charge in [-0.2, -0.15) is 0 Å². The SMILES string of the molecule is CCC(C(=O)O)C(C)N.Cl. The van der Waals surface area contributed by atoms with Crippen molar-refractivity contribution in [2.75, 3.05) is 0 Å². The number of carboxylic acids is 1. The molecule has 0 spiro atoms. The van der Waals surface area contributed by atoms with Crippen LogP contribution in [0.3, 0.4) is 0 Å². The van der Waals surface area contributed by atoms with Gasteiger partial charge in [0.05, 0.1) is 5.92 Å². The van der Waals surface area contributed by atoms with Crippen LogP contribution < -0.4 is 5.73 Å². The van der Waals surface area contributed by atoms with Gasteiger partial charge in [-0.15, -0.1) is 12.4 Å². The fourth-order valence-corrected chi connectivity index (χ4v) is 0.771. The van der Waals surface area contributed by atoms with E-state index in [2.05, 4.69) is 0 Å². The average Bonchev–Trinajstić information content (AvgIpc) is 1.64. The van der Waals surface area contributed by atoms with Gasteiger partial charge in [-0.05, 0) is 13.3 Å². The van der Waals surface area contributed by atoms with Crippen molar-refractivity contribution >= 4 is 18.4 Å². The normalized spacial score (nSPS) is 15.1. The summed E-state index contributed by atoms with van der Waals surface area (Å²) in [5.74, 6) is -1.18. The fourth-order valence-electron chi connectivity index (χ4n) is 0.771. The molecule has 0 aliphatic rings. The van der Waals surface area contributed by atoms with Crippen LogP contribution in [0.4, 0.5) is 0 Å². The van der Waals surface area contributed by atoms with Crippen molar-refractivity contribution in [3.63, 3.8) is 0 Å². The Morgan fingerprint density at radius 2 is 2.10 bits per heavy atom. The molecule has 62 valence electrons. The largest absolute Gasteiger partial charge is 0.481 e. The molecule has 0 aromatic heterocycles. The first kappa shape index (κ1) is 12.4. The number of hydrogen-bond donors (Lipinski definition) is 2. The zero-order valence-corrected chi connectivity index (χ0v) is 7.02. The third kappa shape index (κ3) is 3.69. The first-order chi connectivity index (χ1) is 4.09. The highest BCUT2D eigenvalue weighted by Gasteiger charge is 2.18. The number of rotatable bonds is 3. The standard InChI is InChI=1S/C6H13NO2.ClH/c1-3-5(4(2)7)6(8)9;/h4-5H,3,7H2,1-2H3,(H,8,9);1H. The van der Waals surface area contributed by atoms with Crippen LogP contribution in [0.5, 0.6) is 0 Å².